The van der Waals surface area contributed by atoms with Crippen LogP contribution in [0.5, 0.6) is 0 Å². The van der Waals surface area contributed by atoms with Crippen molar-refractivity contribution in [1.82, 2.24) is 0 Å². The molecule has 4 heteroatoms. The number of hydrogen-bond acceptors (Lipinski definition) is 4. The van der Waals surface area contributed by atoms with Crippen molar-refractivity contribution >= 4 is 5.97 Å². The first-order chi connectivity index (χ1) is 8.20. The molecule has 0 bridgehead atoms. The van der Waals surface area contributed by atoms with Gasteiger partial charge < -0.3 is 14.6 Å². The van der Waals surface area contributed by atoms with Gasteiger partial charge in [-0.3, -0.25) is 4.79 Å². The second kappa shape index (κ2) is 5.83. The Morgan fingerprint density at radius 3 is 2.35 bits per heavy atom. The number of methoxy groups -OCH3 is 1. The third-order valence-corrected chi connectivity index (χ3v) is 3.99. The molecular weight excluding hydrogens is 220 g/mol. The molecule has 0 radical (unpaired) electrons. The zero-order chi connectivity index (χ0) is 12.3. The van der Waals surface area contributed by atoms with E-state index >= 15 is 0 Å². The third kappa shape index (κ3) is 3.19. The lowest BCUT2D eigenvalue weighted by molar-refractivity contribution is -0.148. The van der Waals surface area contributed by atoms with E-state index in [1.165, 1.54) is 7.11 Å². The van der Waals surface area contributed by atoms with Gasteiger partial charge in [-0.15, -0.1) is 0 Å². The van der Waals surface area contributed by atoms with Gasteiger partial charge in [0.25, 0.3) is 0 Å². The minimum atomic E-state index is -0.284. The van der Waals surface area contributed by atoms with Crippen molar-refractivity contribution in [3.63, 3.8) is 0 Å². The molecule has 17 heavy (non-hydrogen) atoms. The summed E-state index contributed by atoms with van der Waals surface area (Å²) < 4.78 is 10.7. The maximum absolute atomic E-state index is 11.4. The molecule has 0 aromatic heterocycles. The molecule has 0 amide bonds. The summed E-state index contributed by atoms with van der Waals surface area (Å²) in [7, 11) is 1.44. The van der Waals surface area contributed by atoms with E-state index in [0.29, 0.717) is 0 Å². The summed E-state index contributed by atoms with van der Waals surface area (Å²) in [4.78, 5) is 11.4. The summed E-state index contributed by atoms with van der Waals surface area (Å²) in [6.07, 6.45) is 6.35. The van der Waals surface area contributed by atoms with E-state index in [-0.39, 0.29) is 30.2 Å². The fourth-order valence-electron chi connectivity index (χ4n) is 2.91. The number of aliphatic hydroxyl groups excluding tert-OH is 1. The molecule has 2 fully saturated rings. The van der Waals surface area contributed by atoms with Gasteiger partial charge in [-0.1, -0.05) is 0 Å². The number of aliphatic hydroxyl groups is 1. The van der Waals surface area contributed by atoms with Crippen LogP contribution in [0.3, 0.4) is 0 Å². The van der Waals surface area contributed by atoms with Gasteiger partial charge in [0, 0.05) is 0 Å². The van der Waals surface area contributed by atoms with E-state index in [2.05, 4.69) is 0 Å². The predicted octanol–water partition coefficient (Wildman–Crippen LogP) is 1.65. The van der Waals surface area contributed by atoms with Crippen molar-refractivity contribution in [3.8, 4) is 0 Å². The summed E-state index contributed by atoms with van der Waals surface area (Å²) in [5.41, 5.74) is 0. The maximum atomic E-state index is 11.4. The van der Waals surface area contributed by atoms with E-state index in [4.69, 9.17) is 9.47 Å². The Hall–Kier alpha value is -0.610. The van der Waals surface area contributed by atoms with Crippen molar-refractivity contribution in [2.24, 2.45) is 5.92 Å². The average Bonchev–Trinajstić information content (AvgIpc) is 2.75. The molecule has 0 heterocycles. The van der Waals surface area contributed by atoms with Gasteiger partial charge in [-0.2, -0.15) is 0 Å². The monoisotopic (exact) mass is 242 g/mol. The molecule has 2 aliphatic carbocycles. The van der Waals surface area contributed by atoms with E-state index in [9.17, 15) is 9.90 Å². The van der Waals surface area contributed by atoms with Crippen LogP contribution in [0.15, 0.2) is 0 Å². The largest absolute Gasteiger partial charge is 0.469 e. The molecule has 2 atom stereocenters. The molecule has 1 N–H and O–H groups in total. The number of carbonyl (C=O) groups excluding carboxylic acids is 1. The Balaban J connectivity index is 1.73. The molecule has 0 spiro atoms. The first-order valence-electron chi connectivity index (χ1n) is 6.62. The second-order valence-electron chi connectivity index (χ2n) is 5.17. The lowest BCUT2D eigenvalue weighted by Gasteiger charge is -2.30. The van der Waals surface area contributed by atoms with Crippen LogP contribution in [-0.4, -0.2) is 36.5 Å². The van der Waals surface area contributed by atoms with Crippen LogP contribution < -0.4 is 0 Å². The highest BCUT2D eigenvalue weighted by atomic mass is 16.5. The molecule has 0 aromatic rings. The Bertz CT molecular complexity index is 258. The van der Waals surface area contributed by atoms with E-state index < -0.39 is 0 Å². The smallest absolute Gasteiger partial charge is 0.308 e. The van der Waals surface area contributed by atoms with Crippen molar-refractivity contribution in [2.45, 2.75) is 63.3 Å². The van der Waals surface area contributed by atoms with Crippen LogP contribution >= 0.6 is 0 Å². The molecule has 98 valence electrons. The molecule has 0 saturated heterocycles. The summed E-state index contributed by atoms with van der Waals surface area (Å²) in [6, 6.07) is 0. The summed E-state index contributed by atoms with van der Waals surface area (Å²) in [5, 5.41) is 9.70. The van der Waals surface area contributed by atoms with E-state index in [0.717, 1.165) is 44.9 Å². The van der Waals surface area contributed by atoms with Crippen molar-refractivity contribution in [3.05, 3.63) is 0 Å². The molecule has 2 aliphatic rings. The van der Waals surface area contributed by atoms with Gasteiger partial charge in [-0.25, -0.2) is 0 Å². The quantitative estimate of drug-likeness (QED) is 0.764. The number of carbonyl (C=O) groups is 1. The van der Waals surface area contributed by atoms with Gasteiger partial charge in [0.2, 0.25) is 0 Å². The van der Waals surface area contributed by atoms with Gasteiger partial charge in [0.15, 0.2) is 0 Å². The summed E-state index contributed by atoms with van der Waals surface area (Å²) in [6.45, 7) is 0. The van der Waals surface area contributed by atoms with Crippen LogP contribution in [0.1, 0.15) is 44.9 Å². The van der Waals surface area contributed by atoms with Crippen molar-refractivity contribution in [2.75, 3.05) is 7.11 Å². The Morgan fingerprint density at radius 1 is 1.12 bits per heavy atom. The van der Waals surface area contributed by atoms with Crippen LogP contribution in [0.2, 0.25) is 0 Å². The summed E-state index contributed by atoms with van der Waals surface area (Å²) >= 11 is 0. The third-order valence-electron chi connectivity index (χ3n) is 3.99. The van der Waals surface area contributed by atoms with E-state index in [1.807, 2.05) is 0 Å². The fourth-order valence-corrected chi connectivity index (χ4v) is 2.91. The highest BCUT2D eigenvalue weighted by molar-refractivity contribution is 5.72. The number of ether oxygens (including phenoxy) is 2. The first kappa shape index (κ1) is 12.8. The zero-order valence-corrected chi connectivity index (χ0v) is 10.4. The zero-order valence-electron chi connectivity index (χ0n) is 10.4. The first-order valence-corrected chi connectivity index (χ1v) is 6.62. The molecule has 0 aromatic carbocycles. The molecule has 0 aliphatic heterocycles. The van der Waals surface area contributed by atoms with Crippen LogP contribution in [0, 0.1) is 5.92 Å². The fraction of sp³-hybridized carbons (Fsp3) is 0.923. The molecule has 4 nitrogen and oxygen atoms in total. The highest BCUT2D eigenvalue weighted by Crippen LogP contribution is 2.31. The maximum Gasteiger partial charge on any atom is 0.308 e. The number of rotatable bonds is 3. The predicted molar refractivity (Wildman–Crippen MR) is 62.5 cm³/mol. The van der Waals surface area contributed by atoms with Gasteiger partial charge in [-0.05, 0) is 44.9 Å². The molecule has 2 unspecified atom stereocenters. The lowest BCUT2D eigenvalue weighted by atomic mass is 9.87. The average molecular weight is 242 g/mol. The van der Waals surface area contributed by atoms with Crippen LogP contribution in [0.25, 0.3) is 0 Å². The van der Waals surface area contributed by atoms with E-state index in [1.54, 1.807) is 0 Å². The standard InChI is InChI=1S/C13H22O4/c1-16-13(15)9-5-7-10(8-6-9)17-12-4-2-3-11(12)14/h9-12,14H,2-8H2,1H3. The van der Waals surface area contributed by atoms with Crippen molar-refractivity contribution < 1.29 is 19.4 Å². The molecule has 2 rings (SSSR count). The van der Waals surface area contributed by atoms with Gasteiger partial charge in [0.05, 0.1) is 31.3 Å². The Kier molecular flexibility index (Phi) is 4.40. The number of esters is 1. The van der Waals surface area contributed by atoms with Crippen LogP contribution in [-0.2, 0) is 14.3 Å². The minimum Gasteiger partial charge on any atom is -0.469 e. The second-order valence-corrected chi connectivity index (χ2v) is 5.17. The van der Waals surface area contributed by atoms with Gasteiger partial charge in [0.1, 0.15) is 0 Å². The normalized spacial score (nSPS) is 38.0. The minimum absolute atomic E-state index is 0.0228. The van der Waals surface area contributed by atoms with Crippen molar-refractivity contribution in [1.29, 1.82) is 0 Å². The topological polar surface area (TPSA) is 55.8 Å². The Morgan fingerprint density at radius 2 is 1.82 bits per heavy atom. The van der Waals surface area contributed by atoms with Gasteiger partial charge >= 0.3 is 5.97 Å². The SMILES string of the molecule is COC(=O)C1CCC(OC2CCCC2O)CC1. The molecular formula is C13H22O4. The molecule has 2 saturated carbocycles. The summed E-state index contributed by atoms with van der Waals surface area (Å²) in [5.74, 6) is -0.0438. The highest BCUT2D eigenvalue weighted by Gasteiger charge is 2.32. The lowest BCUT2D eigenvalue weighted by Crippen LogP contribution is -2.32. The van der Waals surface area contributed by atoms with Crippen LogP contribution in [0.4, 0.5) is 0 Å². The Labute approximate surface area is 102 Å². The number of hydrogen-bond donors (Lipinski definition) is 1.